The van der Waals surface area contributed by atoms with E-state index in [4.69, 9.17) is 9.47 Å². The Balaban J connectivity index is 1.37. The smallest absolute Gasteiger partial charge is 0.289 e. The number of nitrogens with zero attached hydrogens (tertiary/aromatic N) is 2. The maximum absolute atomic E-state index is 12.6. The number of carbonyl (C=O) groups excluding carboxylic acids is 1. The van der Waals surface area contributed by atoms with Crippen molar-refractivity contribution in [3.63, 3.8) is 0 Å². The van der Waals surface area contributed by atoms with E-state index in [2.05, 4.69) is 51.1 Å². The third kappa shape index (κ3) is 3.47. The fourth-order valence-electron chi connectivity index (χ4n) is 4.21. The number of ether oxygens (including phenoxy) is 2. The van der Waals surface area contributed by atoms with Crippen molar-refractivity contribution < 1.29 is 14.3 Å². The van der Waals surface area contributed by atoms with Crippen molar-refractivity contribution in [3.05, 3.63) is 77.0 Å². The van der Waals surface area contributed by atoms with Crippen LogP contribution in [0.25, 0.3) is 22.0 Å². The minimum atomic E-state index is -0.382. The number of rotatable bonds is 6. The molecule has 0 saturated heterocycles. The van der Waals surface area contributed by atoms with Gasteiger partial charge in [-0.15, -0.1) is 0 Å². The number of methoxy groups -OCH3 is 2. The molecule has 0 aliphatic heterocycles. The molecule has 0 bridgehead atoms. The number of amides is 1. The molecule has 32 heavy (non-hydrogen) atoms. The van der Waals surface area contributed by atoms with Crippen LogP contribution in [0.3, 0.4) is 0 Å². The molecule has 1 amide bonds. The molecule has 0 saturated carbocycles. The largest absolute Gasteiger partial charge is 0.497 e. The number of aryl methyl sites for hydroxylation is 2. The molecule has 0 spiro atoms. The molecule has 0 fully saturated rings. The summed E-state index contributed by atoms with van der Waals surface area (Å²) >= 11 is 0. The Morgan fingerprint density at radius 3 is 2.72 bits per heavy atom. The minimum Gasteiger partial charge on any atom is -0.497 e. The van der Waals surface area contributed by atoms with Gasteiger partial charge in [-0.05, 0) is 59.0 Å². The van der Waals surface area contributed by atoms with E-state index in [1.54, 1.807) is 38.5 Å². The maximum Gasteiger partial charge on any atom is 0.289 e. The van der Waals surface area contributed by atoms with Gasteiger partial charge in [0.2, 0.25) is 0 Å². The summed E-state index contributed by atoms with van der Waals surface area (Å²) in [7, 11) is 3.16. The summed E-state index contributed by atoms with van der Waals surface area (Å²) in [5.41, 5.74) is 8.02. The summed E-state index contributed by atoms with van der Waals surface area (Å²) in [4.78, 5) is 12.6. The second-order valence-corrected chi connectivity index (χ2v) is 7.59. The molecule has 0 radical (unpaired) electrons. The van der Waals surface area contributed by atoms with E-state index < -0.39 is 0 Å². The van der Waals surface area contributed by atoms with E-state index in [1.807, 2.05) is 0 Å². The van der Waals surface area contributed by atoms with Crippen LogP contribution in [0.2, 0.25) is 0 Å². The zero-order valence-electron chi connectivity index (χ0n) is 17.8. The zero-order valence-corrected chi connectivity index (χ0v) is 17.8. The lowest BCUT2D eigenvalue weighted by molar-refractivity contribution is 0.0950. The second-order valence-electron chi connectivity index (χ2n) is 7.59. The first-order valence-corrected chi connectivity index (χ1v) is 10.3. The Bertz CT molecular complexity index is 1350. The predicted molar refractivity (Wildman–Crippen MR) is 124 cm³/mol. The molecule has 1 aliphatic rings. The average molecular weight is 426 g/mol. The van der Waals surface area contributed by atoms with Gasteiger partial charge < -0.3 is 9.47 Å². The van der Waals surface area contributed by atoms with Crippen LogP contribution >= 0.6 is 0 Å². The van der Waals surface area contributed by atoms with E-state index in [0.717, 1.165) is 24.1 Å². The van der Waals surface area contributed by atoms with Gasteiger partial charge in [0, 0.05) is 11.1 Å². The molecular weight excluding hydrogens is 404 g/mol. The second kappa shape index (κ2) is 8.19. The third-order valence-electron chi connectivity index (χ3n) is 5.78. The van der Waals surface area contributed by atoms with Crippen molar-refractivity contribution in [2.45, 2.75) is 12.8 Å². The van der Waals surface area contributed by atoms with Crippen LogP contribution in [-0.2, 0) is 12.8 Å². The highest BCUT2D eigenvalue weighted by molar-refractivity contribution is 6.02. The van der Waals surface area contributed by atoms with E-state index in [1.165, 1.54) is 28.1 Å². The van der Waals surface area contributed by atoms with E-state index in [9.17, 15) is 4.79 Å². The van der Waals surface area contributed by atoms with Crippen LogP contribution in [0, 0.1) is 0 Å². The lowest BCUT2D eigenvalue weighted by Gasteiger charge is -2.06. The molecule has 0 atom stereocenters. The maximum atomic E-state index is 12.6. The van der Waals surface area contributed by atoms with Crippen molar-refractivity contribution >= 4 is 22.9 Å². The number of carbonyl (C=O) groups is 1. The summed E-state index contributed by atoms with van der Waals surface area (Å²) in [6.07, 6.45) is 3.65. The van der Waals surface area contributed by atoms with Crippen molar-refractivity contribution in [1.82, 2.24) is 15.6 Å². The first-order chi connectivity index (χ1) is 15.7. The van der Waals surface area contributed by atoms with Gasteiger partial charge in [-0.25, -0.2) is 5.43 Å². The number of hydrogen-bond acceptors (Lipinski definition) is 5. The fourth-order valence-corrected chi connectivity index (χ4v) is 4.21. The van der Waals surface area contributed by atoms with Gasteiger partial charge in [0.25, 0.3) is 5.91 Å². The Hall–Kier alpha value is -4.13. The van der Waals surface area contributed by atoms with Gasteiger partial charge in [0.1, 0.15) is 17.2 Å². The average Bonchev–Trinajstić information content (AvgIpc) is 3.48. The van der Waals surface area contributed by atoms with Gasteiger partial charge in [0.15, 0.2) is 0 Å². The van der Waals surface area contributed by atoms with Crippen molar-refractivity contribution in [2.24, 2.45) is 5.10 Å². The van der Waals surface area contributed by atoms with Crippen LogP contribution in [0.4, 0.5) is 0 Å². The predicted octanol–water partition coefficient (Wildman–Crippen LogP) is 4.11. The quantitative estimate of drug-likeness (QED) is 0.359. The Morgan fingerprint density at radius 1 is 1.06 bits per heavy atom. The molecule has 160 valence electrons. The van der Waals surface area contributed by atoms with Gasteiger partial charge in [0.05, 0.1) is 26.1 Å². The summed E-state index contributed by atoms with van der Waals surface area (Å²) in [5, 5.41) is 13.7. The number of aromatic nitrogens is 2. The van der Waals surface area contributed by atoms with E-state index >= 15 is 0 Å². The first-order valence-electron chi connectivity index (χ1n) is 10.3. The molecule has 0 unspecified atom stereocenters. The number of nitrogens with one attached hydrogen (secondary N) is 2. The molecular formula is C25H22N4O3. The highest BCUT2D eigenvalue weighted by atomic mass is 16.5. The van der Waals surface area contributed by atoms with Gasteiger partial charge in [-0.3, -0.25) is 9.89 Å². The highest BCUT2D eigenvalue weighted by Crippen LogP contribution is 2.36. The lowest BCUT2D eigenvalue weighted by atomic mass is 9.98. The molecule has 1 aromatic heterocycles. The van der Waals surface area contributed by atoms with Crippen LogP contribution in [0.15, 0.2) is 59.7 Å². The summed E-state index contributed by atoms with van der Waals surface area (Å²) < 4.78 is 10.5. The summed E-state index contributed by atoms with van der Waals surface area (Å²) in [6, 6.07) is 17.7. The number of H-pyrrole nitrogens is 1. The molecule has 4 aromatic rings. The topological polar surface area (TPSA) is 88.6 Å². The fraction of sp³-hybridized carbons (Fsp3) is 0.160. The Labute approximate surface area is 185 Å². The SMILES string of the molecule is COc1ccc(OC)c(/C=N\NC(=O)c2cc(-c3ccc4c5c(cccc35)CC4)n[nH]2)c1. The molecule has 7 nitrogen and oxygen atoms in total. The van der Waals surface area contributed by atoms with Crippen LogP contribution in [0.1, 0.15) is 27.2 Å². The Morgan fingerprint density at radius 2 is 1.91 bits per heavy atom. The normalized spacial score (nSPS) is 12.4. The van der Waals surface area contributed by atoms with E-state index in [0.29, 0.717) is 22.8 Å². The lowest BCUT2D eigenvalue weighted by Crippen LogP contribution is -2.18. The van der Waals surface area contributed by atoms with Gasteiger partial charge in [-0.1, -0.05) is 30.3 Å². The van der Waals surface area contributed by atoms with Crippen LogP contribution in [0.5, 0.6) is 11.5 Å². The van der Waals surface area contributed by atoms with E-state index in [-0.39, 0.29) is 5.91 Å². The van der Waals surface area contributed by atoms with Crippen LogP contribution < -0.4 is 14.9 Å². The number of hydrogen-bond donors (Lipinski definition) is 2. The molecule has 1 aliphatic carbocycles. The number of hydrazone groups is 1. The molecule has 3 aromatic carbocycles. The monoisotopic (exact) mass is 426 g/mol. The molecule has 2 N–H and O–H groups in total. The number of benzene rings is 3. The molecule has 5 rings (SSSR count). The third-order valence-corrected chi connectivity index (χ3v) is 5.78. The molecule has 1 heterocycles. The van der Waals surface area contributed by atoms with Crippen molar-refractivity contribution in [1.29, 1.82) is 0 Å². The molecule has 7 heteroatoms. The van der Waals surface area contributed by atoms with Crippen LogP contribution in [-0.4, -0.2) is 36.5 Å². The van der Waals surface area contributed by atoms with Gasteiger partial charge in [-0.2, -0.15) is 10.2 Å². The van der Waals surface area contributed by atoms with Gasteiger partial charge >= 0.3 is 0 Å². The summed E-state index contributed by atoms with van der Waals surface area (Å²) in [6.45, 7) is 0. The number of aromatic amines is 1. The standard InChI is InChI=1S/C25H22N4O3/c1-31-18-9-11-23(32-2)17(12-18)14-26-29-25(30)22-13-21(27-28-22)19-10-8-16-7-6-15-4-3-5-20(19)24(15)16/h3-5,8-14H,6-7H2,1-2H3,(H,27,28)(H,29,30)/b26-14-. The first kappa shape index (κ1) is 19.8. The zero-order chi connectivity index (χ0) is 22.1. The van der Waals surface area contributed by atoms with Crippen molar-refractivity contribution in [2.75, 3.05) is 14.2 Å². The van der Waals surface area contributed by atoms with Crippen molar-refractivity contribution in [3.8, 4) is 22.8 Å². The minimum absolute atomic E-state index is 0.331. The summed E-state index contributed by atoms with van der Waals surface area (Å²) in [5.74, 6) is 0.912. The Kier molecular flexibility index (Phi) is 5.07. The highest BCUT2D eigenvalue weighted by Gasteiger charge is 2.18.